The molecule has 18 heavy (non-hydrogen) atoms. The molecule has 1 rings (SSSR count). The summed E-state index contributed by atoms with van der Waals surface area (Å²) in [7, 11) is -3.63. The molecule has 0 aliphatic rings. The van der Waals surface area contributed by atoms with Crippen molar-refractivity contribution in [2.24, 2.45) is 0 Å². The average Bonchev–Trinajstić information content (AvgIpc) is 2.28. The largest absolute Gasteiger partial charge is 0.395 e. The van der Waals surface area contributed by atoms with Crippen LogP contribution in [0.25, 0.3) is 0 Å². The quantitative estimate of drug-likeness (QED) is 0.903. The van der Waals surface area contributed by atoms with Gasteiger partial charge in [0.15, 0.2) is 0 Å². The summed E-state index contributed by atoms with van der Waals surface area (Å²) in [5, 5.41) is 9.41. The first kappa shape index (κ1) is 15.4. The van der Waals surface area contributed by atoms with E-state index in [0.29, 0.717) is 10.6 Å². The molecule has 0 amide bonds. The number of rotatable bonds is 5. The van der Waals surface area contributed by atoms with Crippen molar-refractivity contribution in [1.82, 2.24) is 4.31 Å². The summed E-state index contributed by atoms with van der Waals surface area (Å²) < 4.78 is 26.3. The second-order valence-corrected chi connectivity index (χ2v) is 6.56. The van der Waals surface area contributed by atoms with Gasteiger partial charge in [0.25, 0.3) is 0 Å². The zero-order chi connectivity index (χ0) is 13.9. The number of aliphatic hydroxyl groups is 1. The maximum Gasteiger partial charge on any atom is 0.243 e. The first-order chi connectivity index (χ1) is 8.32. The summed E-state index contributed by atoms with van der Waals surface area (Å²) >= 11 is 5.95. The van der Waals surface area contributed by atoms with Crippen LogP contribution in [0.3, 0.4) is 0 Å². The van der Waals surface area contributed by atoms with E-state index in [1.54, 1.807) is 32.9 Å². The Balaban J connectivity index is 3.31. The summed E-state index contributed by atoms with van der Waals surface area (Å²) in [5.41, 5.74) is 0.530. The molecule has 0 aliphatic heterocycles. The van der Waals surface area contributed by atoms with Gasteiger partial charge in [-0.3, -0.25) is 0 Å². The second kappa shape index (κ2) is 6.02. The van der Waals surface area contributed by atoms with Crippen LogP contribution in [0.5, 0.6) is 0 Å². The van der Waals surface area contributed by atoms with Gasteiger partial charge in [-0.15, -0.1) is 0 Å². The Kier molecular flexibility index (Phi) is 5.16. The maximum absolute atomic E-state index is 12.5. The van der Waals surface area contributed by atoms with Crippen LogP contribution in [0.1, 0.15) is 19.4 Å². The van der Waals surface area contributed by atoms with Crippen LogP contribution in [0.2, 0.25) is 5.02 Å². The average molecular weight is 292 g/mol. The standard InChI is InChI=1S/C12H18ClNO3S/c1-9(2)14(7-8-15)18(16,17)12-6-4-5-11(13)10(12)3/h4-6,9,15H,7-8H2,1-3H3. The van der Waals surface area contributed by atoms with E-state index in [4.69, 9.17) is 16.7 Å². The first-order valence-electron chi connectivity index (χ1n) is 5.70. The van der Waals surface area contributed by atoms with E-state index in [1.807, 2.05) is 0 Å². The summed E-state index contributed by atoms with van der Waals surface area (Å²) in [6.07, 6.45) is 0. The maximum atomic E-state index is 12.5. The summed E-state index contributed by atoms with van der Waals surface area (Å²) in [6, 6.07) is 4.57. The van der Waals surface area contributed by atoms with E-state index < -0.39 is 10.0 Å². The summed E-state index contributed by atoms with van der Waals surface area (Å²) in [6.45, 7) is 5.08. The van der Waals surface area contributed by atoms with Crippen molar-refractivity contribution in [3.8, 4) is 0 Å². The van der Waals surface area contributed by atoms with Crippen molar-refractivity contribution in [2.45, 2.75) is 31.7 Å². The number of sulfonamides is 1. The zero-order valence-corrected chi connectivity index (χ0v) is 12.3. The van der Waals surface area contributed by atoms with Crippen LogP contribution in [0.4, 0.5) is 0 Å². The van der Waals surface area contributed by atoms with Crippen LogP contribution in [0, 0.1) is 6.92 Å². The van der Waals surface area contributed by atoms with Gasteiger partial charge >= 0.3 is 0 Å². The van der Waals surface area contributed by atoms with Crippen molar-refractivity contribution in [3.63, 3.8) is 0 Å². The molecule has 0 fully saturated rings. The molecule has 0 heterocycles. The van der Waals surface area contributed by atoms with E-state index in [9.17, 15) is 8.42 Å². The highest BCUT2D eigenvalue weighted by Crippen LogP contribution is 2.26. The Labute approximate surface area is 113 Å². The normalized spacial score (nSPS) is 12.4. The van der Waals surface area contributed by atoms with Gasteiger partial charge in [-0.2, -0.15) is 4.31 Å². The number of hydrogen-bond acceptors (Lipinski definition) is 3. The lowest BCUT2D eigenvalue weighted by molar-refractivity contribution is 0.236. The highest BCUT2D eigenvalue weighted by atomic mass is 35.5. The predicted molar refractivity (Wildman–Crippen MR) is 72.3 cm³/mol. The van der Waals surface area contributed by atoms with Crippen LogP contribution >= 0.6 is 11.6 Å². The SMILES string of the molecule is Cc1c(Cl)cccc1S(=O)(=O)N(CCO)C(C)C. The lowest BCUT2D eigenvalue weighted by Gasteiger charge is -2.26. The Hall–Kier alpha value is -0.620. The highest BCUT2D eigenvalue weighted by Gasteiger charge is 2.28. The van der Waals surface area contributed by atoms with Gasteiger partial charge in [0.2, 0.25) is 10.0 Å². The molecule has 0 saturated heterocycles. The summed E-state index contributed by atoms with van der Waals surface area (Å²) in [5.74, 6) is 0. The number of halogens is 1. The molecule has 0 radical (unpaired) electrons. The van der Waals surface area contributed by atoms with Crippen molar-refractivity contribution < 1.29 is 13.5 Å². The Bertz CT molecular complexity index is 514. The van der Waals surface area contributed by atoms with Gasteiger partial charge in [0.1, 0.15) is 0 Å². The number of benzene rings is 1. The minimum Gasteiger partial charge on any atom is -0.395 e. The zero-order valence-electron chi connectivity index (χ0n) is 10.7. The predicted octanol–water partition coefficient (Wildman–Crippen LogP) is 2.04. The molecule has 0 unspecified atom stereocenters. The molecule has 1 aromatic rings. The molecular formula is C12H18ClNO3S. The van der Waals surface area contributed by atoms with Gasteiger partial charge < -0.3 is 5.11 Å². The Morgan fingerprint density at radius 1 is 1.39 bits per heavy atom. The molecule has 0 bridgehead atoms. The smallest absolute Gasteiger partial charge is 0.243 e. The molecule has 6 heteroatoms. The van der Waals surface area contributed by atoms with Gasteiger partial charge in [0.05, 0.1) is 11.5 Å². The second-order valence-electron chi connectivity index (χ2n) is 4.30. The molecule has 1 aromatic carbocycles. The van der Waals surface area contributed by atoms with Crippen molar-refractivity contribution in [1.29, 1.82) is 0 Å². The van der Waals surface area contributed by atoms with E-state index in [0.717, 1.165) is 0 Å². The molecule has 0 aromatic heterocycles. The topological polar surface area (TPSA) is 57.6 Å². The lowest BCUT2D eigenvalue weighted by atomic mass is 10.2. The molecular weight excluding hydrogens is 274 g/mol. The van der Waals surface area contributed by atoms with E-state index in [-0.39, 0.29) is 24.1 Å². The van der Waals surface area contributed by atoms with E-state index in [1.165, 1.54) is 10.4 Å². The van der Waals surface area contributed by atoms with Gasteiger partial charge in [-0.05, 0) is 38.5 Å². The highest BCUT2D eigenvalue weighted by molar-refractivity contribution is 7.89. The van der Waals surface area contributed by atoms with Crippen LogP contribution in [-0.2, 0) is 10.0 Å². The Morgan fingerprint density at radius 2 is 2.00 bits per heavy atom. The fourth-order valence-electron chi connectivity index (χ4n) is 1.75. The number of hydrogen-bond donors (Lipinski definition) is 1. The van der Waals surface area contributed by atoms with Crippen LogP contribution in [0.15, 0.2) is 23.1 Å². The lowest BCUT2D eigenvalue weighted by Crippen LogP contribution is -2.39. The van der Waals surface area contributed by atoms with Gasteiger partial charge in [-0.25, -0.2) is 8.42 Å². The third-order valence-corrected chi connectivity index (χ3v) is 5.33. The molecule has 0 aliphatic carbocycles. The monoisotopic (exact) mass is 291 g/mol. The van der Waals surface area contributed by atoms with Gasteiger partial charge in [0, 0.05) is 17.6 Å². The van der Waals surface area contributed by atoms with Crippen LogP contribution in [-0.4, -0.2) is 37.0 Å². The minimum absolute atomic E-state index is 0.0754. The fourth-order valence-corrected chi connectivity index (χ4v) is 3.86. The molecule has 0 atom stereocenters. The fraction of sp³-hybridized carbons (Fsp3) is 0.500. The minimum atomic E-state index is -3.63. The van der Waals surface area contributed by atoms with Crippen LogP contribution < -0.4 is 0 Å². The Morgan fingerprint density at radius 3 is 2.50 bits per heavy atom. The summed E-state index contributed by atoms with van der Waals surface area (Å²) in [4.78, 5) is 0.192. The first-order valence-corrected chi connectivity index (χ1v) is 7.52. The third kappa shape index (κ3) is 3.03. The van der Waals surface area contributed by atoms with Crippen molar-refractivity contribution in [2.75, 3.05) is 13.2 Å². The molecule has 0 spiro atoms. The van der Waals surface area contributed by atoms with Gasteiger partial charge in [-0.1, -0.05) is 17.7 Å². The van der Waals surface area contributed by atoms with E-state index in [2.05, 4.69) is 0 Å². The number of nitrogens with zero attached hydrogens (tertiary/aromatic N) is 1. The molecule has 0 saturated carbocycles. The van der Waals surface area contributed by atoms with Crippen molar-refractivity contribution >= 4 is 21.6 Å². The van der Waals surface area contributed by atoms with Crippen molar-refractivity contribution in [3.05, 3.63) is 28.8 Å². The van der Waals surface area contributed by atoms with E-state index >= 15 is 0 Å². The number of aliphatic hydroxyl groups excluding tert-OH is 1. The molecule has 102 valence electrons. The molecule has 1 N–H and O–H groups in total. The third-order valence-electron chi connectivity index (χ3n) is 2.70. The molecule has 4 nitrogen and oxygen atoms in total.